The normalized spacial score (nSPS) is 12.6. The molecule has 0 spiro atoms. The average Bonchev–Trinajstić information content (AvgIpc) is 2.85. The third-order valence-corrected chi connectivity index (χ3v) is 5.11. The molecule has 0 bridgehead atoms. The number of halogens is 3. The van der Waals surface area contributed by atoms with E-state index in [9.17, 15) is 4.39 Å². The van der Waals surface area contributed by atoms with Crippen molar-refractivity contribution in [2.24, 2.45) is 0 Å². The molecule has 0 saturated heterocycles. The minimum atomic E-state index is -0.356. The first kappa shape index (κ1) is 16.0. The quantitative estimate of drug-likeness (QED) is 0.693. The second-order valence-electron chi connectivity index (χ2n) is 4.63. The van der Waals surface area contributed by atoms with Gasteiger partial charge in [-0.2, -0.15) is 0 Å². The van der Waals surface area contributed by atoms with Gasteiger partial charge in [-0.1, -0.05) is 24.6 Å². The monoisotopic (exact) mass is 375 g/mol. The van der Waals surface area contributed by atoms with Gasteiger partial charge in [-0.3, -0.25) is 0 Å². The summed E-state index contributed by atoms with van der Waals surface area (Å²) >= 11 is 10.9. The molecule has 0 aliphatic rings. The van der Waals surface area contributed by atoms with Crippen molar-refractivity contribution < 1.29 is 4.39 Å². The van der Waals surface area contributed by atoms with E-state index in [0.29, 0.717) is 0 Å². The molecule has 1 unspecified atom stereocenters. The fourth-order valence-electron chi connectivity index (χ4n) is 2.01. The molecule has 0 fully saturated rings. The molecule has 1 aromatic heterocycles. The number of hydrogen-bond acceptors (Lipinski definition) is 2. The molecule has 0 saturated carbocycles. The lowest BCUT2D eigenvalue weighted by molar-refractivity contribution is 0.534. The van der Waals surface area contributed by atoms with Crippen LogP contribution in [0.25, 0.3) is 0 Å². The molecule has 1 aromatic carbocycles. The predicted octanol–water partition coefficient (Wildman–Crippen LogP) is 5.59. The number of rotatable bonds is 6. The van der Waals surface area contributed by atoms with E-state index >= 15 is 0 Å². The van der Waals surface area contributed by atoms with Gasteiger partial charge in [-0.05, 0) is 59.1 Å². The summed E-state index contributed by atoms with van der Waals surface area (Å²) in [4.78, 5) is 1.25. The van der Waals surface area contributed by atoms with E-state index in [4.69, 9.17) is 11.6 Å². The highest BCUT2D eigenvalue weighted by Gasteiger charge is 2.14. The fourth-order valence-corrected chi connectivity index (χ4v) is 3.64. The number of thiophene rings is 1. The Bertz CT molecular complexity index is 573. The smallest absolute Gasteiger partial charge is 0.142 e. The lowest BCUT2D eigenvalue weighted by Gasteiger charge is -2.17. The van der Waals surface area contributed by atoms with E-state index in [1.165, 1.54) is 10.9 Å². The molecule has 108 valence electrons. The molecule has 0 amide bonds. The summed E-state index contributed by atoms with van der Waals surface area (Å²) in [6.07, 6.45) is 1.82. The van der Waals surface area contributed by atoms with Crippen LogP contribution in [0.15, 0.2) is 34.1 Å². The molecular formula is C15H16BrClFNS. The van der Waals surface area contributed by atoms with Crippen LogP contribution in [-0.2, 0) is 6.42 Å². The van der Waals surface area contributed by atoms with Crippen molar-refractivity contribution in [1.29, 1.82) is 0 Å². The molecule has 5 heteroatoms. The van der Waals surface area contributed by atoms with Crippen LogP contribution in [-0.4, -0.2) is 6.54 Å². The van der Waals surface area contributed by atoms with Crippen LogP contribution in [0.5, 0.6) is 0 Å². The Hall–Kier alpha value is -0.420. The molecule has 1 N–H and O–H groups in total. The third kappa shape index (κ3) is 4.29. The topological polar surface area (TPSA) is 12.0 Å². The van der Waals surface area contributed by atoms with Gasteiger partial charge in [0.2, 0.25) is 0 Å². The van der Waals surface area contributed by atoms with E-state index in [1.807, 2.05) is 6.07 Å². The van der Waals surface area contributed by atoms with Gasteiger partial charge < -0.3 is 5.32 Å². The van der Waals surface area contributed by atoms with Crippen molar-refractivity contribution in [2.75, 3.05) is 6.54 Å². The molecule has 1 atom stereocenters. The van der Waals surface area contributed by atoms with Crippen LogP contribution in [0.2, 0.25) is 5.02 Å². The summed E-state index contributed by atoms with van der Waals surface area (Å²) in [6, 6.07) is 7.34. The molecule has 0 aliphatic heterocycles. The van der Waals surface area contributed by atoms with Gasteiger partial charge in [0.05, 0.1) is 5.02 Å². The maximum Gasteiger partial charge on any atom is 0.142 e. The Kier molecular flexibility index (Phi) is 6.02. The second-order valence-corrected chi connectivity index (χ2v) is 6.89. The third-order valence-electron chi connectivity index (χ3n) is 3.00. The lowest BCUT2D eigenvalue weighted by atomic mass is 10.0. The van der Waals surface area contributed by atoms with Crippen LogP contribution in [0, 0.1) is 5.82 Å². The Balaban J connectivity index is 2.16. The van der Waals surface area contributed by atoms with Gasteiger partial charge in [0.1, 0.15) is 5.82 Å². The maximum absolute atomic E-state index is 13.5. The Morgan fingerprint density at radius 1 is 1.40 bits per heavy atom. The van der Waals surface area contributed by atoms with Crippen LogP contribution in [0.3, 0.4) is 0 Å². The van der Waals surface area contributed by atoms with Gasteiger partial charge >= 0.3 is 0 Å². The molecule has 0 radical (unpaired) electrons. The van der Waals surface area contributed by atoms with Gasteiger partial charge in [0.25, 0.3) is 0 Å². The first-order valence-corrected chi connectivity index (χ1v) is 8.56. The van der Waals surface area contributed by atoms with Crippen molar-refractivity contribution in [3.8, 4) is 0 Å². The number of hydrogen-bond donors (Lipinski definition) is 1. The summed E-state index contributed by atoms with van der Waals surface area (Å²) < 4.78 is 14.6. The largest absolute Gasteiger partial charge is 0.309 e. The standard InChI is InChI=1S/C15H16BrClFNS/c1-2-5-19-14(15-8-11(16)9-20-15)7-10-3-4-12(17)13(18)6-10/h3-4,6,8-9,14,19H,2,5,7H2,1H3. The van der Waals surface area contributed by atoms with Gasteiger partial charge in [-0.15, -0.1) is 11.3 Å². The molecule has 0 aliphatic carbocycles. The zero-order valence-corrected chi connectivity index (χ0v) is 14.3. The van der Waals surface area contributed by atoms with E-state index in [-0.39, 0.29) is 16.9 Å². The zero-order chi connectivity index (χ0) is 14.5. The molecule has 20 heavy (non-hydrogen) atoms. The summed E-state index contributed by atoms with van der Waals surface area (Å²) in [5.74, 6) is -0.356. The van der Waals surface area contributed by atoms with Crippen molar-refractivity contribution in [3.05, 3.63) is 55.4 Å². The van der Waals surface area contributed by atoms with Gasteiger partial charge in [-0.25, -0.2) is 4.39 Å². The van der Waals surface area contributed by atoms with E-state index < -0.39 is 0 Å². The van der Waals surface area contributed by atoms with Gasteiger partial charge in [0, 0.05) is 20.8 Å². The van der Waals surface area contributed by atoms with E-state index in [0.717, 1.165) is 29.4 Å². The minimum absolute atomic E-state index is 0.172. The number of nitrogens with one attached hydrogen (secondary N) is 1. The van der Waals surface area contributed by atoms with Crippen molar-refractivity contribution in [2.45, 2.75) is 25.8 Å². The van der Waals surface area contributed by atoms with Gasteiger partial charge in [0.15, 0.2) is 0 Å². The highest BCUT2D eigenvalue weighted by Crippen LogP contribution is 2.28. The minimum Gasteiger partial charge on any atom is -0.309 e. The molecular weight excluding hydrogens is 361 g/mol. The Morgan fingerprint density at radius 2 is 2.20 bits per heavy atom. The van der Waals surface area contributed by atoms with Crippen LogP contribution < -0.4 is 5.32 Å². The summed E-state index contributed by atoms with van der Waals surface area (Å²) in [7, 11) is 0. The van der Waals surface area contributed by atoms with Crippen LogP contribution >= 0.6 is 38.9 Å². The molecule has 2 rings (SSSR count). The van der Waals surface area contributed by atoms with Crippen LogP contribution in [0.4, 0.5) is 4.39 Å². The predicted molar refractivity (Wildman–Crippen MR) is 88.2 cm³/mol. The van der Waals surface area contributed by atoms with Crippen molar-refractivity contribution in [1.82, 2.24) is 5.32 Å². The highest BCUT2D eigenvalue weighted by molar-refractivity contribution is 9.10. The molecule has 1 nitrogen and oxygen atoms in total. The van der Waals surface area contributed by atoms with Crippen molar-refractivity contribution in [3.63, 3.8) is 0 Å². The van der Waals surface area contributed by atoms with Crippen LogP contribution in [0.1, 0.15) is 29.8 Å². The second kappa shape index (κ2) is 7.55. The molecule has 1 heterocycles. The maximum atomic E-state index is 13.5. The Morgan fingerprint density at radius 3 is 2.80 bits per heavy atom. The number of benzene rings is 1. The van der Waals surface area contributed by atoms with E-state index in [2.05, 4.69) is 39.6 Å². The van der Waals surface area contributed by atoms with E-state index in [1.54, 1.807) is 17.4 Å². The summed E-state index contributed by atoms with van der Waals surface area (Å²) in [5.41, 5.74) is 0.949. The Labute approximate surface area is 136 Å². The zero-order valence-electron chi connectivity index (χ0n) is 11.1. The lowest BCUT2D eigenvalue weighted by Crippen LogP contribution is -2.23. The SMILES string of the molecule is CCCNC(Cc1ccc(Cl)c(F)c1)c1cc(Br)cs1. The molecule has 2 aromatic rings. The first-order chi connectivity index (χ1) is 9.60. The first-order valence-electron chi connectivity index (χ1n) is 6.51. The summed E-state index contributed by atoms with van der Waals surface area (Å²) in [5, 5.41) is 5.76. The van der Waals surface area contributed by atoms with Crippen molar-refractivity contribution >= 4 is 38.9 Å². The highest BCUT2D eigenvalue weighted by atomic mass is 79.9. The fraction of sp³-hybridized carbons (Fsp3) is 0.333. The summed E-state index contributed by atoms with van der Waals surface area (Å²) in [6.45, 7) is 3.08. The average molecular weight is 377 g/mol.